The summed E-state index contributed by atoms with van der Waals surface area (Å²) in [6, 6.07) is 5.86. The molecule has 1 fully saturated rings. The van der Waals surface area contributed by atoms with Crippen molar-refractivity contribution in [1.82, 2.24) is 10.6 Å². The largest absolute Gasteiger partial charge is 0.495 e. The topological polar surface area (TPSA) is 75.2 Å². The van der Waals surface area contributed by atoms with Crippen molar-refractivity contribution >= 4 is 29.2 Å². The number of nitrogens with one attached hydrogen (secondary N) is 2. The Morgan fingerprint density at radius 1 is 1.46 bits per heavy atom. The predicted octanol–water partition coefficient (Wildman–Crippen LogP) is 1.90. The fraction of sp³-hybridized carbons (Fsp3) is 0.556. The van der Waals surface area contributed by atoms with Crippen LogP contribution in [0.15, 0.2) is 23.2 Å². The van der Waals surface area contributed by atoms with Crippen LogP contribution in [0.1, 0.15) is 13.3 Å². The third-order valence-corrected chi connectivity index (χ3v) is 4.65. The van der Waals surface area contributed by atoms with Gasteiger partial charge in [0, 0.05) is 37.7 Å². The summed E-state index contributed by atoms with van der Waals surface area (Å²) < 4.78 is 10.2. The van der Waals surface area contributed by atoms with Crippen molar-refractivity contribution in [2.45, 2.75) is 19.4 Å². The van der Waals surface area contributed by atoms with E-state index in [9.17, 15) is 4.79 Å². The molecule has 1 heterocycles. The SMILES string of the molecule is CN=C(NCC(C)C(=O)OC)NC1CCN(c2cc(Cl)ccc2OC)C1. The maximum absolute atomic E-state index is 11.5. The van der Waals surface area contributed by atoms with Crippen LogP contribution in [-0.2, 0) is 9.53 Å². The van der Waals surface area contributed by atoms with Crippen LogP contribution in [0, 0.1) is 5.92 Å². The molecule has 0 radical (unpaired) electrons. The van der Waals surface area contributed by atoms with Gasteiger partial charge in [-0.15, -0.1) is 0 Å². The average Bonchev–Trinajstić information content (AvgIpc) is 3.12. The van der Waals surface area contributed by atoms with E-state index in [0.717, 1.165) is 30.9 Å². The number of carbonyl (C=O) groups excluding carboxylic acids is 1. The number of hydrogen-bond acceptors (Lipinski definition) is 5. The molecule has 0 amide bonds. The number of rotatable bonds is 6. The number of esters is 1. The van der Waals surface area contributed by atoms with Crippen molar-refractivity contribution in [2.75, 3.05) is 45.8 Å². The molecule has 0 saturated carbocycles. The lowest BCUT2D eigenvalue weighted by molar-refractivity contribution is -0.144. The summed E-state index contributed by atoms with van der Waals surface area (Å²) in [5.41, 5.74) is 0.992. The number of halogens is 1. The second-order valence-electron chi connectivity index (χ2n) is 6.27. The Balaban J connectivity index is 1.92. The number of guanidine groups is 1. The highest BCUT2D eigenvalue weighted by molar-refractivity contribution is 6.30. The van der Waals surface area contributed by atoms with Gasteiger partial charge < -0.3 is 25.0 Å². The van der Waals surface area contributed by atoms with Gasteiger partial charge in [0.1, 0.15) is 5.75 Å². The summed E-state index contributed by atoms with van der Waals surface area (Å²) in [4.78, 5) is 18.0. The third kappa shape index (κ3) is 5.17. The van der Waals surface area contributed by atoms with E-state index in [0.29, 0.717) is 17.5 Å². The Kier molecular flexibility index (Phi) is 7.38. The highest BCUT2D eigenvalue weighted by Crippen LogP contribution is 2.33. The minimum absolute atomic E-state index is 0.235. The summed E-state index contributed by atoms with van der Waals surface area (Å²) in [5.74, 6) is 0.998. The van der Waals surface area contributed by atoms with Crippen molar-refractivity contribution in [1.29, 1.82) is 0 Å². The van der Waals surface area contributed by atoms with Crippen LogP contribution in [0.4, 0.5) is 5.69 Å². The number of carbonyl (C=O) groups is 1. The molecule has 2 rings (SSSR count). The molecule has 1 aliphatic heterocycles. The van der Waals surface area contributed by atoms with Crippen molar-refractivity contribution in [3.63, 3.8) is 0 Å². The fourth-order valence-corrected chi connectivity index (χ4v) is 3.10. The fourth-order valence-electron chi connectivity index (χ4n) is 2.93. The number of aliphatic imine (C=N–C) groups is 1. The van der Waals surface area contributed by atoms with E-state index in [4.69, 9.17) is 21.1 Å². The zero-order valence-corrected chi connectivity index (χ0v) is 16.5. The molecule has 0 bridgehead atoms. The van der Waals surface area contributed by atoms with E-state index in [2.05, 4.69) is 20.5 Å². The molecule has 0 spiro atoms. The molecular weight excluding hydrogens is 356 g/mol. The molecule has 144 valence electrons. The van der Waals surface area contributed by atoms with Gasteiger partial charge in [-0.25, -0.2) is 0 Å². The van der Waals surface area contributed by atoms with Crippen LogP contribution in [0.25, 0.3) is 0 Å². The number of hydrogen-bond donors (Lipinski definition) is 2. The van der Waals surface area contributed by atoms with Gasteiger partial charge in [-0.1, -0.05) is 18.5 Å². The first-order chi connectivity index (χ1) is 12.5. The molecule has 1 saturated heterocycles. The van der Waals surface area contributed by atoms with Gasteiger partial charge in [0.05, 0.1) is 25.8 Å². The predicted molar refractivity (Wildman–Crippen MR) is 104 cm³/mol. The summed E-state index contributed by atoms with van der Waals surface area (Å²) in [6.07, 6.45) is 0.961. The van der Waals surface area contributed by atoms with Gasteiger partial charge >= 0.3 is 5.97 Å². The lowest BCUT2D eigenvalue weighted by Crippen LogP contribution is -2.46. The monoisotopic (exact) mass is 382 g/mol. The number of benzene rings is 1. The lowest BCUT2D eigenvalue weighted by Gasteiger charge is -2.22. The van der Waals surface area contributed by atoms with Crippen molar-refractivity contribution in [2.24, 2.45) is 10.9 Å². The van der Waals surface area contributed by atoms with Gasteiger partial charge in [0.2, 0.25) is 0 Å². The Bertz CT molecular complexity index is 653. The van der Waals surface area contributed by atoms with Crippen LogP contribution in [0.5, 0.6) is 5.75 Å². The second kappa shape index (κ2) is 9.52. The number of nitrogens with zero attached hydrogens (tertiary/aromatic N) is 2. The quantitative estimate of drug-likeness (QED) is 0.444. The van der Waals surface area contributed by atoms with E-state index in [1.807, 2.05) is 25.1 Å². The van der Waals surface area contributed by atoms with Crippen LogP contribution in [-0.4, -0.2) is 58.9 Å². The Morgan fingerprint density at radius 3 is 2.88 bits per heavy atom. The Hall–Kier alpha value is -2.15. The van der Waals surface area contributed by atoms with Crippen LogP contribution < -0.4 is 20.3 Å². The molecule has 2 atom stereocenters. The van der Waals surface area contributed by atoms with Gasteiger partial charge in [-0.2, -0.15) is 0 Å². The molecule has 2 unspecified atom stereocenters. The summed E-state index contributed by atoms with van der Waals surface area (Å²) in [6.45, 7) is 3.98. The van der Waals surface area contributed by atoms with E-state index in [1.165, 1.54) is 7.11 Å². The molecular formula is C18H27ClN4O3. The molecule has 2 N–H and O–H groups in total. The van der Waals surface area contributed by atoms with Crippen LogP contribution in [0.3, 0.4) is 0 Å². The lowest BCUT2D eigenvalue weighted by atomic mass is 10.2. The first-order valence-electron chi connectivity index (χ1n) is 8.62. The van der Waals surface area contributed by atoms with Gasteiger partial charge in [-0.3, -0.25) is 9.79 Å². The Morgan fingerprint density at radius 2 is 2.23 bits per heavy atom. The molecule has 8 heteroatoms. The van der Waals surface area contributed by atoms with Crippen molar-refractivity contribution in [3.8, 4) is 5.75 Å². The zero-order valence-electron chi connectivity index (χ0n) is 15.7. The van der Waals surface area contributed by atoms with Gasteiger partial charge in [0.15, 0.2) is 5.96 Å². The minimum atomic E-state index is -0.243. The van der Waals surface area contributed by atoms with Crippen LogP contribution >= 0.6 is 11.6 Å². The van der Waals surface area contributed by atoms with E-state index < -0.39 is 0 Å². The molecule has 7 nitrogen and oxygen atoms in total. The maximum atomic E-state index is 11.5. The summed E-state index contributed by atoms with van der Waals surface area (Å²) in [5, 5.41) is 7.26. The Labute approximate surface area is 159 Å². The first-order valence-corrected chi connectivity index (χ1v) is 8.99. The molecule has 1 aromatic rings. The van der Waals surface area contributed by atoms with E-state index in [-0.39, 0.29) is 17.9 Å². The number of anilines is 1. The average molecular weight is 383 g/mol. The summed E-state index contributed by atoms with van der Waals surface area (Å²) in [7, 11) is 4.76. The zero-order chi connectivity index (χ0) is 19.1. The standard InChI is InChI=1S/C18H27ClN4O3/c1-12(17(24)26-4)10-21-18(20-2)22-14-7-8-23(11-14)15-9-13(19)5-6-16(15)25-3/h5-6,9,12,14H,7-8,10-11H2,1-4H3,(H2,20,21,22). The van der Waals surface area contributed by atoms with Gasteiger partial charge in [-0.05, 0) is 24.6 Å². The highest BCUT2D eigenvalue weighted by atomic mass is 35.5. The summed E-state index contributed by atoms with van der Waals surface area (Å²) >= 11 is 6.14. The van der Waals surface area contributed by atoms with Crippen LogP contribution in [0.2, 0.25) is 5.02 Å². The second-order valence-corrected chi connectivity index (χ2v) is 6.71. The smallest absolute Gasteiger partial charge is 0.310 e. The highest BCUT2D eigenvalue weighted by Gasteiger charge is 2.26. The van der Waals surface area contributed by atoms with Gasteiger partial charge in [0.25, 0.3) is 0 Å². The van der Waals surface area contributed by atoms with E-state index in [1.54, 1.807) is 14.2 Å². The molecule has 1 aliphatic rings. The molecule has 0 aromatic heterocycles. The number of methoxy groups -OCH3 is 2. The van der Waals surface area contributed by atoms with Crippen molar-refractivity contribution < 1.29 is 14.3 Å². The maximum Gasteiger partial charge on any atom is 0.310 e. The number of ether oxygens (including phenoxy) is 2. The third-order valence-electron chi connectivity index (χ3n) is 4.41. The minimum Gasteiger partial charge on any atom is -0.495 e. The van der Waals surface area contributed by atoms with E-state index >= 15 is 0 Å². The first kappa shape index (κ1) is 20.2. The molecule has 1 aromatic carbocycles. The molecule has 0 aliphatic carbocycles. The molecule has 26 heavy (non-hydrogen) atoms. The normalized spacial score (nSPS) is 18.4. The van der Waals surface area contributed by atoms with Crippen molar-refractivity contribution in [3.05, 3.63) is 23.2 Å².